The first-order valence-corrected chi connectivity index (χ1v) is 10.1. The molecule has 0 fully saturated rings. The van der Waals surface area contributed by atoms with Gasteiger partial charge in [-0.05, 0) is 37.1 Å². The van der Waals surface area contributed by atoms with E-state index in [-0.39, 0.29) is 5.91 Å². The molecule has 0 radical (unpaired) electrons. The zero-order valence-electron chi connectivity index (χ0n) is 16.1. The van der Waals surface area contributed by atoms with Gasteiger partial charge in [-0.2, -0.15) is 0 Å². The Labute approximate surface area is 172 Å². The zero-order chi connectivity index (χ0) is 20.4. The summed E-state index contributed by atoms with van der Waals surface area (Å²) in [7, 11) is 0. The average Bonchev–Trinajstić information content (AvgIpc) is 3.31. The molecule has 0 saturated heterocycles. The number of aliphatic hydroxyl groups is 1. The van der Waals surface area contributed by atoms with Crippen LogP contribution in [-0.4, -0.2) is 26.8 Å². The molecule has 2 heterocycles. The molecule has 148 valence electrons. The van der Waals surface area contributed by atoms with Gasteiger partial charge in [-0.15, -0.1) is 11.3 Å². The standard InChI is InChI=1S/C22H21N3O3S/c1-14-7-3-4-8-16(14)12-28-19-11-20(29-21(19)22(27)24-15(2)26)25-13-23-17-9-5-6-10-18(17)25/h3-11,13,15,26H,12H2,1-2H3,(H,24,27). The number of carbonyl (C=O) groups excluding carboxylic acids is 1. The van der Waals surface area contributed by atoms with Crippen molar-refractivity contribution in [1.29, 1.82) is 0 Å². The lowest BCUT2D eigenvalue weighted by Crippen LogP contribution is -2.31. The van der Waals surface area contributed by atoms with Crippen molar-refractivity contribution in [2.24, 2.45) is 0 Å². The van der Waals surface area contributed by atoms with Crippen LogP contribution < -0.4 is 10.1 Å². The van der Waals surface area contributed by atoms with E-state index in [0.717, 1.165) is 27.2 Å². The molecule has 2 aromatic heterocycles. The number of aryl methyl sites for hydroxylation is 1. The van der Waals surface area contributed by atoms with Gasteiger partial charge in [0.25, 0.3) is 5.91 Å². The fourth-order valence-corrected chi connectivity index (χ4v) is 4.05. The molecule has 0 saturated carbocycles. The molecule has 0 aliphatic carbocycles. The summed E-state index contributed by atoms with van der Waals surface area (Å²) < 4.78 is 7.96. The molecule has 1 atom stereocenters. The molecule has 4 rings (SSSR count). The number of aliphatic hydroxyl groups excluding tert-OH is 1. The molecule has 1 amide bonds. The van der Waals surface area contributed by atoms with Gasteiger partial charge in [0, 0.05) is 6.07 Å². The van der Waals surface area contributed by atoms with Crippen LogP contribution >= 0.6 is 11.3 Å². The van der Waals surface area contributed by atoms with E-state index in [0.29, 0.717) is 17.2 Å². The minimum absolute atomic E-state index is 0.350. The first-order valence-electron chi connectivity index (χ1n) is 9.25. The fourth-order valence-electron chi connectivity index (χ4n) is 3.06. The molecule has 2 aromatic carbocycles. The Morgan fingerprint density at radius 3 is 2.79 bits per heavy atom. The maximum absolute atomic E-state index is 12.6. The van der Waals surface area contributed by atoms with Crippen LogP contribution in [0.4, 0.5) is 0 Å². The van der Waals surface area contributed by atoms with Gasteiger partial charge >= 0.3 is 0 Å². The Hall–Kier alpha value is -3.16. The average molecular weight is 407 g/mol. The van der Waals surface area contributed by atoms with E-state index in [2.05, 4.69) is 10.3 Å². The second-order valence-electron chi connectivity index (χ2n) is 6.75. The number of amides is 1. The number of imidazole rings is 1. The minimum atomic E-state index is -0.952. The monoisotopic (exact) mass is 407 g/mol. The summed E-state index contributed by atoms with van der Waals surface area (Å²) in [4.78, 5) is 17.5. The highest BCUT2D eigenvalue weighted by atomic mass is 32.1. The number of hydrogen-bond donors (Lipinski definition) is 2. The molecule has 0 bridgehead atoms. The van der Waals surface area contributed by atoms with Gasteiger partial charge in [0.2, 0.25) is 0 Å². The number of nitrogens with one attached hydrogen (secondary N) is 1. The molecular weight excluding hydrogens is 386 g/mol. The molecule has 1 unspecified atom stereocenters. The van der Waals surface area contributed by atoms with Crippen LogP contribution in [0.15, 0.2) is 60.9 Å². The van der Waals surface area contributed by atoms with Crippen LogP contribution in [0.2, 0.25) is 0 Å². The van der Waals surface area contributed by atoms with Gasteiger partial charge in [-0.3, -0.25) is 9.36 Å². The number of fused-ring (bicyclic) bond motifs is 1. The SMILES string of the molecule is Cc1ccccc1COc1cc(-n2cnc3ccccc32)sc1C(=O)NC(C)O. The molecule has 7 heteroatoms. The number of benzene rings is 2. The normalized spacial score (nSPS) is 12.1. The predicted octanol–water partition coefficient (Wildman–Crippen LogP) is 4.04. The van der Waals surface area contributed by atoms with Gasteiger partial charge in [-0.25, -0.2) is 4.98 Å². The van der Waals surface area contributed by atoms with E-state index in [9.17, 15) is 9.90 Å². The molecule has 0 aliphatic heterocycles. The van der Waals surface area contributed by atoms with E-state index >= 15 is 0 Å². The molecule has 6 nitrogen and oxygen atoms in total. The number of ether oxygens (including phenoxy) is 1. The summed E-state index contributed by atoms with van der Waals surface area (Å²) in [6.07, 6.45) is 0.782. The zero-order valence-corrected chi connectivity index (χ0v) is 16.9. The van der Waals surface area contributed by atoms with Crippen LogP contribution in [0.25, 0.3) is 16.0 Å². The fraction of sp³-hybridized carbons (Fsp3) is 0.182. The van der Waals surface area contributed by atoms with E-state index in [4.69, 9.17) is 4.74 Å². The third kappa shape index (κ3) is 4.01. The Kier molecular flexibility index (Phi) is 5.33. The largest absolute Gasteiger partial charge is 0.487 e. The Morgan fingerprint density at radius 2 is 2.00 bits per heavy atom. The molecule has 29 heavy (non-hydrogen) atoms. The molecular formula is C22H21N3O3S. The van der Waals surface area contributed by atoms with Crippen molar-refractivity contribution in [3.05, 3.63) is 76.9 Å². The first kappa shape index (κ1) is 19.2. The third-order valence-corrected chi connectivity index (χ3v) is 5.68. The second kappa shape index (κ2) is 8.06. The lowest BCUT2D eigenvalue weighted by atomic mass is 10.1. The highest BCUT2D eigenvalue weighted by molar-refractivity contribution is 7.16. The van der Waals surface area contributed by atoms with Crippen LogP contribution in [0.1, 0.15) is 27.7 Å². The maximum Gasteiger partial charge on any atom is 0.267 e. The van der Waals surface area contributed by atoms with E-state index < -0.39 is 6.23 Å². The number of nitrogens with zero attached hydrogens (tertiary/aromatic N) is 2. The number of hydrogen-bond acceptors (Lipinski definition) is 5. The van der Waals surface area contributed by atoms with Crippen molar-refractivity contribution in [1.82, 2.24) is 14.9 Å². The van der Waals surface area contributed by atoms with E-state index in [1.165, 1.54) is 18.3 Å². The Bertz CT molecular complexity index is 1160. The molecule has 4 aromatic rings. The summed E-state index contributed by atoms with van der Waals surface area (Å²) in [5, 5.41) is 12.9. The smallest absolute Gasteiger partial charge is 0.267 e. The number of aromatic nitrogens is 2. The number of thiophene rings is 1. The van der Waals surface area contributed by atoms with E-state index in [1.807, 2.05) is 66.1 Å². The highest BCUT2D eigenvalue weighted by Crippen LogP contribution is 2.34. The quantitative estimate of drug-likeness (QED) is 0.473. The van der Waals surface area contributed by atoms with Crippen LogP contribution in [0, 0.1) is 6.92 Å². The van der Waals surface area contributed by atoms with E-state index in [1.54, 1.807) is 6.33 Å². The van der Waals surface area contributed by atoms with Gasteiger partial charge in [0.05, 0.1) is 11.0 Å². The lowest BCUT2D eigenvalue weighted by molar-refractivity contribution is 0.0819. The number of rotatable bonds is 6. The van der Waals surface area contributed by atoms with Crippen LogP contribution in [0.3, 0.4) is 0 Å². The lowest BCUT2D eigenvalue weighted by Gasteiger charge is -2.10. The van der Waals surface area contributed by atoms with Crippen LogP contribution in [0.5, 0.6) is 5.75 Å². The summed E-state index contributed by atoms with van der Waals surface area (Å²) in [5.41, 5.74) is 3.99. The Balaban J connectivity index is 1.70. The number of para-hydroxylation sites is 2. The highest BCUT2D eigenvalue weighted by Gasteiger charge is 2.20. The summed E-state index contributed by atoms with van der Waals surface area (Å²) >= 11 is 1.30. The summed E-state index contributed by atoms with van der Waals surface area (Å²) in [6.45, 7) is 3.88. The van der Waals surface area contributed by atoms with Crippen molar-refractivity contribution in [2.75, 3.05) is 0 Å². The van der Waals surface area contributed by atoms with Crippen LogP contribution in [-0.2, 0) is 6.61 Å². The maximum atomic E-state index is 12.6. The predicted molar refractivity (Wildman–Crippen MR) is 114 cm³/mol. The molecule has 2 N–H and O–H groups in total. The summed E-state index contributed by atoms with van der Waals surface area (Å²) in [5.74, 6) is 0.102. The summed E-state index contributed by atoms with van der Waals surface area (Å²) in [6, 6.07) is 17.6. The van der Waals surface area contributed by atoms with Gasteiger partial charge < -0.3 is 15.2 Å². The third-order valence-electron chi connectivity index (χ3n) is 4.57. The van der Waals surface area contributed by atoms with Gasteiger partial charge in [-0.1, -0.05) is 36.4 Å². The first-order chi connectivity index (χ1) is 14.0. The van der Waals surface area contributed by atoms with Crippen molar-refractivity contribution < 1.29 is 14.6 Å². The van der Waals surface area contributed by atoms with Crippen molar-refractivity contribution >= 4 is 28.3 Å². The van der Waals surface area contributed by atoms with Gasteiger partial charge in [0.15, 0.2) is 0 Å². The molecule has 0 aliphatic rings. The Morgan fingerprint density at radius 1 is 1.24 bits per heavy atom. The number of carbonyl (C=O) groups is 1. The minimum Gasteiger partial charge on any atom is -0.487 e. The van der Waals surface area contributed by atoms with Crippen molar-refractivity contribution in [3.8, 4) is 10.8 Å². The molecule has 0 spiro atoms. The van der Waals surface area contributed by atoms with Crippen molar-refractivity contribution in [3.63, 3.8) is 0 Å². The topological polar surface area (TPSA) is 76.4 Å². The van der Waals surface area contributed by atoms with Crippen molar-refractivity contribution in [2.45, 2.75) is 26.7 Å². The van der Waals surface area contributed by atoms with Gasteiger partial charge in [0.1, 0.15) is 34.8 Å². The second-order valence-corrected chi connectivity index (χ2v) is 7.78.